The molecule has 9 heteroatoms. The molecule has 2 aromatic heterocycles. The molecule has 2 N–H and O–H groups in total. The van der Waals surface area contributed by atoms with Crippen molar-refractivity contribution in [3.8, 4) is 5.75 Å². The van der Waals surface area contributed by atoms with Crippen molar-refractivity contribution in [2.45, 2.75) is 32.5 Å². The molecule has 3 aromatic rings. The average molecular weight is 435 g/mol. The Bertz CT molecular complexity index is 1110. The zero-order valence-corrected chi connectivity index (χ0v) is 18.3. The first kappa shape index (κ1) is 21.3. The maximum Gasteiger partial charge on any atom is 0.278 e. The molecule has 1 amide bonds. The fourth-order valence-corrected chi connectivity index (χ4v) is 3.98. The molecule has 0 atom stereocenters. The molecule has 0 bridgehead atoms. The first-order valence-corrected chi connectivity index (χ1v) is 10.5. The van der Waals surface area contributed by atoms with E-state index in [9.17, 15) is 9.59 Å². The number of carbonyl (C=O) groups excluding carboxylic acids is 1. The van der Waals surface area contributed by atoms with Crippen LogP contribution >= 0.6 is 23.4 Å². The molecule has 0 saturated carbocycles. The summed E-state index contributed by atoms with van der Waals surface area (Å²) in [5.74, 6) is 0.698. The lowest BCUT2D eigenvalue weighted by Gasteiger charge is -2.14. The number of aryl methyl sites for hydroxylation is 1. The van der Waals surface area contributed by atoms with E-state index in [0.717, 1.165) is 5.69 Å². The number of halogens is 1. The third kappa shape index (κ3) is 4.94. The topological polar surface area (TPSA) is 89.0 Å². The normalized spacial score (nSPS) is 11.2. The fourth-order valence-electron chi connectivity index (χ4n) is 2.92. The number of nitrogens with zero attached hydrogens (tertiary/aromatic N) is 2. The van der Waals surface area contributed by atoms with Gasteiger partial charge in [-0.05, 0) is 37.1 Å². The van der Waals surface area contributed by atoms with Gasteiger partial charge < -0.3 is 15.0 Å². The summed E-state index contributed by atoms with van der Waals surface area (Å²) < 4.78 is 6.74. The molecule has 0 spiro atoms. The molecule has 154 valence electrons. The molecule has 0 aliphatic carbocycles. The van der Waals surface area contributed by atoms with Crippen molar-refractivity contribution < 1.29 is 9.53 Å². The summed E-state index contributed by atoms with van der Waals surface area (Å²) in [6.07, 6.45) is 0. The zero-order valence-electron chi connectivity index (χ0n) is 16.7. The van der Waals surface area contributed by atoms with Crippen LogP contribution in [0.15, 0.2) is 34.2 Å². The lowest BCUT2D eigenvalue weighted by atomic mass is 10.2. The maximum atomic E-state index is 12.9. The summed E-state index contributed by atoms with van der Waals surface area (Å²) in [5, 5.41) is 3.74. The summed E-state index contributed by atoms with van der Waals surface area (Å²) in [5.41, 5.74) is 2.42. The van der Waals surface area contributed by atoms with Crippen LogP contribution in [0.2, 0.25) is 5.02 Å². The van der Waals surface area contributed by atoms with Gasteiger partial charge in [0, 0.05) is 17.9 Å². The van der Waals surface area contributed by atoms with E-state index >= 15 is 0 Å². The molecule has 2 heterocycles. The van der Waals surface area contributed by atoms with Crippen molar-refractivity contribution >= 4 is 46.0 Å². The smallest absolute Gasteiger partial charge is 0.278 e. The van der Waals surface area contributed by atoms with Crippen LogP contribution < -0.4 is 15.6 Å². The molecule has 0 saturated heterocycles. The monoisotopic (exact) mass is 434 g/mol. The van der Waals surface area contributed by atoms with Gasteiger partial charge in [0.1, 0.15) is 11.3 Å². The number of hydrogen-bond donors (Lipinski definition) is 2. The molecule has 0 aliphatic heterocycles. The van der Waals surface area contributed by atoms with Crippen LogP contribution in [0.25, 0.3) is 11.0 Å². The van der Waals surface area contributed by atoms with Gasteiger partial charge in [-0.3, -0.25) is 14.2 Å². The first-order chi connectivity index (χ1) is 13.8. The van der Waals surface area contributed by atoms with Crippen molar-refractivity contribution in [2.75, 3.05) is 18.2 Å². The molecular weight excluding hydrogens is 412 g/mol. The minimum Gasteiger partial charge on any atom is -0.495 e. The number of methoxy groups -OCH3 is 1. The van der Waals surface area contributed by atoms with Gasteiger partial charge >= 0.3 is 0 Å². The molecule has 0 fully saturated rings. The van der Waals surface area contributed by atoms with Crippen LogP contribution in [0.4, 0.5) is 5.69 Å². The highest BCUT2D eigenvalue weighted by molar-refractivity contribution is 7.99. The summed E-state index contributed by atoms with van der Waals surface area (Å²) in [6, 6.07) is 6.87. The van der Waals surface area contributed by atoms with Crippen LogP contribution in [0.1, 0.15) is 19.5 Å². The molecule has 3 rings (SSSR count). The minimum atomic E-state index is -0.216. The Balaban J connectivity index is 1.79. The van der Waals surface area contributed by atoms with Crippen molar-refractivity contribution in [3.05, 3.63) is 45.3 Å². The second-order valence-corrected chi connectivity index (χ2v) is 8.45. The number of fused-ring (bicyclic) bond motifs is 1. The number of rotatable bonds is 7. The second-order valence-electron chi connectivity index (χ2n) is 7.10. The van der Waals surface area contributed by atoms with Crippen LogP contribution in [0.3, 0.4) is 0 Å². The lowest BCUT2D eigenvalue weighted by Crippen LogP contribution is -2.26. The number of ether oxygens (including phenoxy) is 1. The molecule has 0 radical (unpaired) electrons. The highest BCUT2D eigenvalue weighted by atomic mass is 35.5. The zero-order chi connectivity index (χ0) is 21.1. The molecule has 0 unspecified atom stereocenters. The van der Waals surface area contributed by atoms with Gasteiger partial charge in [0.2, 0.25) is 5.91 Å². The number of amides is 1. The van der Waals surface area contributed by atoms with Gasteiger partial charge in [-0.1, -0.05) is 37.2 Å². The predicted octanol–water partition coefficient (Wildman–Crippen LogP) is 4.08. The summed E-state index contributed by atoms with van der Waals surface area (Å²) in [6.45, 7) is 6.47. The fraction of sp³-hybridized carbons (Fsp3) is 0.350. The number of H-pyrrole nitrogens is 1. The van der Waals surface area contributed by atoms with Crippen molar-refractivity contribution in [1.82, 2.24) is 14.5 Å². The largest absolute Gasteiger partial charge is 0.495 e. The molecule has 0 aliphatic rings. The Morgan fingerprint density at radius 2 is 2.14 bits per heavy atom. The van der Waals surface area contributed by atoms with Gasteiger partial charge in [0.25, 0.3) is 5.56 Å². The summed E-state index contributed by atoms with van der Waals surface area (Å²) in [4.78, 5) is 33.0. The van der Waals surface area contributed by atoms with Crippen LogP contribution in [-0.2, 0) is 11.3 Å². The Kier molecular flexibility index (Phi) is 6.54. The van der Waals surface area contributed by atoms with E-state index in [1.807, 2.05) is 26.8 Å². The lowest BCUT2D eigenvalue weighted by molar-refractivity contribution is -0.113. The van der Waals surface area contributed by atoms with Crippen molar-refractivity contribution in [2.24, 2.45) is 5.92 Å². The van der Waals surface area contributed by atoms with Gasteiger partial charge in [-0.2, -0.15) is 0 Å². The third-order valence-electron chi connectivity index (χ3n) is 4.15. The van der Waals surface area contributed by atoms with E-state index in [-0.39, 0.29) is 23.1 Å². The SMILES string of the molecule is COc1ccc(NC(=O)CSc2nc3cc(C)[nH]c3c(=O)n2CC(C)C)cc1Cl. The number of anilines is 1. The number of carbonyl (C=O) groups is 1. The van der Waals surface area contributed by atoms with Crippen molar-refractivity contribution in [3.63, 3.8) is 0 Å². The quantitative estimate of drug-likeness (QED) is 0.432. The first-order valence-electron chi connectivity index (χ1n) is 9.14. The molecular formula is C20H23ClN4O3S. The predicted molar refractivity (Wildman–Crippen MR) is 117 cm³/mol. The number of thioether (sulfide) groups is 1. The number of benzene rings is 1. The second kappa shape index (κ2) is 8.92. The Labute approximate surface area is 177 Å². The van der Waals surface area contributed by atoms with E-state index in [0.29, 0.717) is 39.2 Å². The average Bonchev–Trinajstić information content (AvgIpc) is 3.03. The van der Waals surface area contributed by atoms with Gasteiger partial charge in [-0.15, -0.1) is 0 Å². The van der Waals surface area contributed by atoms with E-state index in [4.69, 9.17) is 16.3 Å². The Hall–Kier alpha value is -2.45. The summed E-state index contributed by atoms with van der Waals surface area (Å²) >= 11 is 7.33. The van der Waals surface area contributed by atoms with Crippen molar-refractivity contribution in [1.29, 1.82) is 0 Å². The van der Waals surface area contributed by atoms with Gasteiger partial charge in [0.05, 0.1) is 23.4 Å². The van der Waals surface area contributed by atoms with E-state index in [2.05, 4.69) is 15.3 Å². The Morgan fingerprint density at radius 3 is 2.79 bits per heavy atom. The van der Waals surface area contributed by atoms with Crippen LogP contribution in [0.5, 0.6) is 5.75 Å². The highest BCUT2D eigenvalue weighted by Crippen LogP contribution is 2.27. The summed E-state index contributed by atoms with van der Waals surface area (Å²) in [7, 11) is 1.53. The number of nitrogens with one attached hydrogen (secondary N) is 2. The minimum absolute atomic E-state index is 0.114. The standard InChI is InChI=1S/C20H23ClN4O3S/c1-11(2)9-25-19(27)18-15(7-12(3)22-18)24-20(25)29-10-17(26)23-13-5-6-16(28-4)14(21)8-13/h5-8,11,22H,9-10H2,1-4H3,(H,23,26). The third-order valence-corrected chi connectivity index (χ3v) is 5.42. The maximum absolute atomic E-state index is 12.9. The van der Waals surface area contributed by atoms with Crippen LogP contribution in [-0.4, -0.2) is 33.3 Å². The highest BCUT2D eigenvalue weighted by Gasteiger charge is 2.16. The van der Waals surface area contributed by atoms with Gasteiger partial charge in [-0.25, -0.2) is 4.98 Å². The van der Waals surface area contributed by atoms with E-state index in [1.54, 1.807) is 22.8 Å². The van der Waals surface area contributed by atoms with E-state index in [1.165, 1.54) is 18.9 Å². The number of hydrogen-bond acceptors (Lipinski definition) is 5. The molecule has 1 aromatic carbocycles. The molecule has 29 heavy (non-hydrogen) atoms. The van der Waals surface area contributed by atoms with Crippen LogP contribution in [0, 0.1) is 12.8 Å². The number of aromatic amines is 1. The Morgan fingerprint density at radius 1 is 1.38 bits per heavy atom. The number of aromatic nitrogens is 3. The molecule has 7 nitrogen and oxygen atoms in total. The van der Waals surface area contributed by atoms with Gasteiger partial charge in [0.15, 0.2) is 5.16 Å². The van der Waals surface area contributed by atoms with E-state index < -0.39 is 0 Å².